The summed E-state index contributed by atoms with van der Waals surface area (Å²) in [5.74, 6) is -1.01. The summed E-state index contributed by atoms with van der Waals surface area (Å²) in [6, 6.07) is 10.3. The van der Waals surface area contributed by atoms with Crippen LogP contribution >= 0.6 is 11.5 Å². The lowest BCUT2D eigenvalue weighted by Crippen LogP contribution is -2.50. The highest BCUT2D eigenvalue weighted by Crippen LogP contribution is 2.37. The number of pyridine rings is 1. The number of nitrogens with zero attached hydrogens (tertiary/aromatic N) is 5. The standard InChI is InChI=1S/C24H19F3N6O4S2/c25-24(26,27)17-13-16(22(34)32-9-11-33(12-10-32)23(35)19-14-38-31-29-19)6-7-18(17)30-39(36,37)20-5-1-3-15-4-2-8-28-21(15)20/h1-8,13-14,30H,9-12H2. The molecule has 1 saturated heterocycles. The lowest BCUT2D eigenvalue weighted by molar-refractivity contribution is -0.136. The molecular weight excluding hydrogens is 557 g/mol. The summed E-state index contributed by atoms with van der Waals surface area (Å²) < 4.78 is 73.9. The van der Waals surface area contributed by atoms with Gasteiger partial charge in [0.1, 0.15) is 4.90 Å². The van der Waals surface area contributed by atoms with E-state index in [1.54, 1.807) is 18.2 Å². The Morgan fingerprint density at radius 3 is 2.31 bits per heavy atom. The minimum Gasteiger partial charge on any atom is -0.335 e. The number of carbonyl (C=O) groups excluding carboxylic acids is 2. The summed E-state index contributed by atoms with van der Waals surface area (Å²) in [7, 11) is -4.46. The number of benzene rings is 2. The third-order valence-electron chi connectivity index (χ3n) is 6.13. The number of amides is 2. The summed E-state index contributed by atoms with van der Waals surface area (Å²) in [5.41, 5.74) is -2.00. The first-order chi connectivity index (χ1) is 18.5. The van der Waals surface area contributed by atoms with Crippen molar-refractivity contribution in [3.63, 3.8) is 0 Å². The molecule has 1 aliphatic rings. The fourth-order valence-electron chi connectivity index (χ4n) is 4.21. The van der Waals surface area contributed by atoms with Crippen LogP contribution in [0.25, 0.3) is 10.9 Å². The van der Waals surface area contributed by atoms with Crippen LogP contribution in [0.1, 0.15) is 26.4 Å². The maximum atomic E-state index is 14.0. The number of para-hydroxylation sites is 1. The zero-order chi connectivity index (χ0) is 27.8. The Morgan fingerprint density at radius 2 is 1.64 bits per heavy atom. The zero-order valence-electron chi connectivity index (χ0n) is 19.9. The van der Waals surface area contributed by atoms with E-state index in [-0.39, 0.29) is 53.8 Å². The lowest BCUT2D eigenvalue weighted by atomic mass is 10.1. The third-order valence-corrected chi connectivity index (χ3v) is 8.04. The molecule has 0 aliphatic carbocycles. The van der Waals surface area contributed by atoms with Crippen molar-refractivity contribution in [1.82, 2.24) is 24.4 Å². The van der Waals surface area contributed by atoms with Crippen molar-refractivity contribution in [1.29, 1.82) is 0 Å². The van der Waals surface area contributed by atoms with Crippen LogP contribution in [-0.2, 0) is 16.2 Å². The van der Waals surface area contributed by atoms with E-state index in [0.29, 0.717) is 11.5 Å². The Kier molecular flexibility index (Phi) is 6.94. The lowest BCUT2D eigenvalue weighted by Gasteiger charge is -2.34. The Labute approximate surface area is 224 Å². The van der Waals surface area contributed by atoms with Crippen LogP contribution in [0.5, 0.6) is 0 Å². The summed E-state index contributed by atoms with van der Waals surface area (Å²) in [5, 5.41) is 5.74. The predicted molar refractivity (Wildman–Crippen MR) is 136 cm³/mol. The largest absolute Gasteiger partial charge is 0.418 e. The van der Waals surface area contributed by atoms with Gasteiger partial charge in [-0.2, -0.15) is 13.2 Å². The number of anilines is 1. The van der Waals surface area contributed by atoms with Crippen LogP contribution in [0.3, 0.4) is 0 Å². The van der Waals surface area contributed by atoms with Crippen LogP contribution in [0.15, 0.2) is 65.0 Å². The van der Waals surface area contributed by atoms with Crippen molar-refractivity contribution in [2.24, 2.45) is 0 Å². The maximum absolute atomic E-state index is 14.0. The van der Waals surface area contributed by atoms with E-state index in [4.69, 9.17) is 0 Å². The number of alkyl halides is 3. The fourth-order valence-corrected chi connectivity index (χ4v) is 5.90. The number of rotatable bonds is 5. The Hall–Kier alpha value is -4.11. The van der Waals surface area contributed by atoms with Crippen molar-refractivity contribution < 1.29 is 31.2 Å². The summed E-state index contributed by atoms with van der Waals surface area (Å²) in [6.45, 7) is 0.550. The van der Waals surface area contributed by atoms with Crippen molar-refractivity contribution in [3.8, 4) is 0 Å². The van der Waals surface area contributed by atoms with Gasteiger partial charge in [-0.25, -0.2) is 8.42 Å². The third kappa shape index (κ3) is 5.40. The van der Waals surface area contributed by atoms with Gasteiger partial charge in [0, 0.05) is 48.7 Å². The van der Waals surface area contributed by atoms with Crippen molar-refractivity contribution in [3.05, 3.63) is 76.9 Å². The van der Waals surface area contributed by atoms with Crippen molar-refractivity contribution >= 4 is 50.0 Å². The van der Waals surface area contributed by atoms with Crippen LogP contribution < -0.4 is 4.72 Å². The molecule has 0 radical (unpaired) electrons. The fraction of sp³-hybridized carbons (Fsp3) is 0.208. The second-order valence-electron chi connectivity index (χ2n) is 8.57. The molecule has 5 rings (SSSR count). The molecule has 10 nitrogen and oxygen atoms in total. The number of hydrogen-bond donors (Lipinski definition) is 1. The van der Waals surface area contributed by atoms with Gasteiger partial charge in [-0.05, 0) is 41.9 Å². The Bertz CT molecular complexity index is 1650. The minimum atomic E-state index is -4.96. The monoisotopic (exact) mass is 576 g/mol. The first-order valence-electron chi connectivity index (χ1n) is 11.5. The number of piperazine rings is 1. The number of sulfonamides is 1. The molecule has 39 heavy (non-hydrogen) atoms. The van der Waals surface area contributed by atoms with E-state index >= 15 is 0 Å². The molecule has 1 aliphatic heterocycles. The summed E-state index contributed by atoms with van der Waals surface area (Å²) >= 11 is 1.03. The van der Waals surface area contributed by atoms with Gasteiger partial charge in [0.2, 0.25) is 0 Å². The first-order valence-corrected chi connectivity index (χ1v) is 13.8. The molecule has 0 atom stereocenters. The number of hydrogen-bond acceptors (Lipinski definition) is 8. The Morgan fingerprint density at radius 1 is 0.949 bits per heavy atom. The molecule has 3 heterocycles. The van der Waals surface area contributed by atoms with Crippen molar-refractivity contribution in [2.75, 3.05) is 30.9 Å². The van der Waals surface area contributed by atoms with Gasteiger partial charge in [-0.1, -0.05) is 22.7 Å². The molecule has 0 unspecified atom stereocenters. The highest BCUT2D eigenvalue weighted by molar-refractivity contribution is 7.93. The predicted octanol–water partition coefficient (Wildman–Crippen LogP) is 3.50. The van der Waals surface area contributed by atoms with Crippen molar-refractivity contribution in [2.45, 2.75) is 11.1 Å². The molecule has 1 fully saturated rings. The Balaban J connectivity index is 1.37. The quantitative estimate of drug-likeness (QED) is 0.386. The smallest absolute Gasteiger partial charge is 0.335 e. The van der Waals surface area contributed by atoms with E-state index in [9.17, 15) is 31.2 Å². The van der Waals surface area contributed by atoms with E-state index in [2.05, 4.69) is 14.6 Å². The molecule has 1 N–H and O–H groups in total. The first kappa shape index (κ1) is 26.5. The number of nitrogens with one attached hydrogen (secondary N) is 1. The molecule has 15 heteroatoms. The normalized spacial score (nSPS) is 14.4. The number of carbonyl (C=O) groups is 2. The topological polar surface area (TPSA) is 125 Å². The van der Waals surface area contributed by atoms with Gasteiger partial charge in [0.25, 0.3) is 21.8 Å². The van der Waals surface area contributed by atoms with Crippen LogP contribution in [-0.4, -0.2) is 70.8 Å². The second-order valence-corrected chi connectivity index (χ2v) is 10.8. The summed E-state index contributed by atoms with van der Waals surface area (Å²) in [6.07, 6.45) is -3.58. The molecule has 202 valence electrons. The zero-order valence-corrected chi connectivity index (χ0v) is 21.6. The molecule has 0 saturated carbocycles. The van der Waals surface area contributed by atoms with Gasteiger partial charge in [0.05, 0.1) is 16.8 Å². The van der Waals surface area contributed by atoms with Crippen LogP contribution in [0.4, 0.5) is 18.9 Å². The van der Waals surface area contributed by atoms with E-state index in [1.165, 1.54) is 33.5 Å². The molecule has 2 amide bonds. The van der Waals surface area contributed by atoms with Gasteiger partial charge in [-0.15, -0.1) is 5.10 Å². The molecule has 2 aromatic carbocycles. The molecule has 0 spiro atoms. The van der Waals surface area contributed by atoms with Gasteiger partial charge < -0.3 is 9.80 Å². The van der Waals surface area contributed by atoms with Crippen LogP contribution in [0.2, 0.25) is 0 Å². The average molecular weight is 577 g/mol. The highest BCUT2D eigenvalue weighted by Gasteiger charge is 2.36. The number of halogens is 3. The van der Waals surface area contributed by atoms with E-state index in [1.807, 2.05) is 4.72 Å². The van der Waals surface area contributed by atoms with Gasteiger partial charge >= 0.3 is 6.18 Å². The molecular formula is C24H19F3N6O4S2. The molecule has 4 aromatic rings. The maximum Gasteiger partial charge on any atom is 0.418 e. The van der Waals surface area contributed by atoms with Gasteiger partial charge in [-0.3, -0.25) is 19.3 Å². The average Bonchev–Trinajstić information content (AvgIpc) is 3.47. The van der Waals surface area contributed by atoms with E-state index < -0.39 is 33.4 Å². The second kappa shape index (κ2) is 10.2. The molecule has 0 bridgehead atoms. The number of aromatic nitrogens is 3. The minimum absolute atomic E-state index is 0.103. The molecule has 2 aromatic heterocycles. The highest BCUT2D eigenvalue weighted by atomic mass is 32.2. The SMILES string of the molecule is O=C(c1ccc(NS(=O)(=O)c2cccc3cccnc23)c(C(F)(F)F)c1)N1CCN(C(=O)c2csnn2)CC1. The van der Waals surface area contributed by atoms with Crippen LogP contribution in [0, 0.1) is 0 Å². The van der Waals surface area contributed by atoms with Gasteiger partial charge in [0.15, 0.2) is 5.69 Å². The summed E-state index contributed by atoms with van der Waals surface area (Å²) in [4.78, 5) is 32.1. The van der Waals surface area contributed by atoms with E-state index in [0.717, 1.165) is 23.7 Å². The number of fused-ring (bicyclic) bond motifs is 1.